The maximum atomic E-state index is 13.0. The Bertz CT molecular complexity index is 1170. The first-order valence-corrected chi connectivity index (χ1v) is 12.0. The lowest BCUT2D eigenvalue weighted by Gasteiger charge is -2.31. The van der Waals surface area contributed by atoms with Gasteiger partial charge in [0, 0.05) is 44.5 Å². The Kier molecular flexibility index (Phi) is 6.69. The minimum absolute atomic E-state index is 0.152. The van der Waals surface area contributed by atoms with Crippen molar-refractivity contribution < 1.29 is 13.2 Å². The van der Waals surface area contributed by atoms with Gasteiger partial charge in [0.2, 0.25) is 10.0 Å². The number of nitrogens with zero attached hydrogens (tertiary/aromatic N) is 4. The minimum Gasteiger partial charge on any atom is -0.352 e. The van der Waals surface area contributed by atoms with Crippen molar-refractivity contribution in [2.24, 2.45) is 0 Å². The number of hydrogen-bond donors (Lipinski definition) is 1. The number of amides is 1. The quantitative estimate of drug-likeness (QED) is 0.589. The Hall–Kier alpha value is -3.01. The molecule has 168 valence electrons. The van der Waals surface area contributed by atoms with Crippen LogP contribution in [-0.2, 0) is 16.4 Å². The summed E-state index contributed by atoms with van der Waals surface area (Å²) in [6.45, 7) is 2.72. The maximum Gasteiger partial charge on any atom is 0.251 e. The number of hydrogen-bond acceptors (Lipinski definition) is 5. The van der Waals surface area contributed by atoms with E-state index in [0.29, 0.717) is 44.7 Å². The molecule has 0 atom stereocenters. The number of likely N-dealkylation sites (N-methyl/N-ethyl adjacent to an activating group) is 1. The summed E-state index contributed by atoms with van der Waals surface area (Å²) >= 11 is 0. The Morgan fingerprint density at radius 3 is 2.53 bits per heavy atom. The monoisotopic (exact) mass is 453 g/mol. The normalized spacial score (nSPS) is 15.5. The van der Waals surface area contributed by atoms with Crippen molar-refractivity contribution in [2.45, 2.75) is 11.3 Å². The summed E-state index contributed by atoms with van der Waals surface area (Å²) in [7, 11) is -1.64. The molecule has 0 bridgehead atoms. The standard InChI is InChI=1S/C23H27N5O3S/c1-26-12-14-27(15-13-26)32(30,31)22-9-5-6-20(16-22)23(29)24-11-10-19-17-25-28(18-19)21-7-3-2-4-8-21/h2-9,16-18H,10-15H2,1H3,(H,24,29). The molecule has 0 radical (unpaired) electrons. The fourth-order valence-corrected chi connectivity index (χ4v) is 5.08. The zero-order valence-corrected chi connectivity index (χ0v) is 18.8. The Morgan fingerprint density at radius 1 is 1.03 bits per heavy atom. The third-order valence-corrected chi connectivity index (χ3v) is 7.45. The molecule has 8 nitrogen and oxygen atoms in total. The van der Waals surface area contributed by atoms with E-state index < -0.39 is 10.0 Å². The smallest absolute Gasteiger partial charge is 0.251 e. The number of benzene rings is 2. The van der Waals surface area contributed by atoms with Crippen LogP contribution in [0.25, 0.3) is 5.69 Å². The molecule has 1 saturated heterocycles. The highest BCUT2D eigenvalue weighted by Gasteiger charge is 2.27. The molecule has 3 aromatic rings. The molecule has 32 heavy (non-hydrogen) atoms. The lowest BCUT2D eigenvalue weighted by molar-refractivity contribution is 0.0954. The molecule has 2 heterocycles. The third kappa shape index (κ3) is 5.07. The number of carbonyl (C=O) groups is 1. The van der Waals surface area contributed by atoms with Crippen LogP contribution in [-0.4, -0.2) is 73.1 Å². The van der Waals surface area contributed by atoms with Gasteiger partial charge in [0.25, 0.3) is 5.91 Å². The van der Waals surface area contributed by atoms with Crippen LogP contribution < -0.4 is 5.32 Å². The molecule has 1 N–H and O–H groups in total. The van der Waals surface area contributed by atoms with Crippen molar-refractivity contribution in [3.63, 3.8) is 0 Å². The molecular formula is C23H27N5O3S. The van der Waals surface area contributed by atoms with Gasteiger partial charge in [0.1, 0.15) is 0 Å². The van der Waals surface area contributed by atoms with Gasteiger partial charge in [-0.25, -0.2) is 13.1 Å². The number of aromatic nitrogens is 2. The highest BCUT2D eigenvalue weighted by molar-refractivity contribution is 7.89. The summed E-state index contributed by atoms with van der Waals surface area (Å²) in [5, 5.41) is 7.23. The van der Waals surface area contributed by atoms with Crippen LogP contribution in [0.2, 0.25) is 0 Å². The van der Waals surface area contributed by atoms with E-state index in [1.54, 1.807) is 29.1 Å². The average molecular weight is 454 g/mol. The van der Waals surface area contributed by atoms with Crippen molar-refractivity contribution >= 4 is 15.9 Å². The first-order valence-electron chi connectivity index (χ1n) is 10.6. The molecule has 0 spiro atoms. The molecule has 0 aliphatic carbocycles. The second-order valence-corrected chi connectivity index (χ2v) is 9.81. The van der Waals surface area contributed by atoms with Crippen LogP contribution >= 0.6 is 0 Å². The van der Waals surface area contributed by atoms with E-state index in [1.807, 2.05) is 43.6 Å². The van der Waals surface area contributed by atoms with E-state index >= 15 is 0 Å². The number of rotatable bonds is 7. The Morgan fingerprint density at radius 2 is 1.78 bits per heavy atom. The van der Waals surface area contributed by atoms with Crippen LogP contribution in [0.4, 0.5) is 0 Å². The Balaban J connectivity index is 1.36. The zero-order valence-electron chi connectivity index (χ0n) is 18.0. The molecule has 1 aromatic heterocycles. The molecule has 4 rings (SSSR count). The van der Waals surface area contributed by atoms with E-state index in [4.69, 9.17) is 0 Å². The summed E-state index contributed by atoms with van der Waals surface area (Å²) in [4.78, 5) is 14.9. The summed E-state index contributed by atoms with van der Waals surface area (Å²) in [5.74, 6) is -0.295. The molecule has 9 heteroatoms. The van der Waals surface area contributed by atoms with Crippen molar-refractivity contribution in [3.8, 4) is 5.69 Å². The van der Waals surface area contributed by atoms with Gasteiger partial charge in [-0.3, -0.25) is 4.79 Å². The van der Waals surface area contributed by atoms with Crippen molar-refractivity contribution in [2.75, 3.05) is 39.8 Å². The highest BCUT2D eigenvalue weighted by Crippen LogP contribution is 2.18. The average Bonchev–Trinajstić information content (AvgIpc) is 3.29. The summed E-state index contributed by atoms with van der Waals surface area (Å²) in [5.41, 5.74) is 2.31. The summed E-state index contributed by atoms with van der Waals surface area (Å²) in [6.07, 6.45) is 4.34. The lowest BCUT2D eigenvalue weighted by atomic mass is 10.2. The van der Waals surface area contributed by atoms with Gasteiger partial charge in [-0.1, -0.05) is 24.3 Å². The van der Waals surface area contributed by atoms with Gasteiger partial charge in [-0.05, 0) is 49.4 Å². The van der Waals surface area contributed by atoms with Crippen molar-refractivity contribution in [1.29, 1.82) is 0 Å². The number of sulfonamides is 1. The molecule has 2 aromatic carbocycles. The molecule has 1 aliphatic heterocycles. The first-order chi connectivity index (χ1) is 15.4. The second-order valence-electron chi connectivity index (χ2n) is 7.87. The predicted molar refractivity (Wildman–Crippen MR) is 122 cm³/mol. The second kappa shape index (κ2) is 9.64. The van der Waals surface area contributed by atoms with Gasteiger partial charge in [0.05, 0.1) is 16.8 Å². The van der Waals surface area contributed by atoms with E-state index in [1.165, 1.54) is 10.4 Å². The van der Waals surface area contributed by atoms with E-state index in [-0.39, 0.29) is 10.8 Å². The van der Waals surface area contributed by atoms with Gasteiger partial charge >= 0.3 is 0 Å². The molecule has 0 unspecified atom stereocenters. The molecule has 0 saturated carbocycles. The molecule has 1 fully saturated rings. The largest absolute Gasteiger partial charge is 0.352 e. The third-order valence-electron chi connectivity index (χ3n) is 5.55. The zero-order chi connectivity index (χ0) is 22.6. The van der Waals surface area contributed by atoms with Crippen LogP contribution in [0.15, 0.2) is 71.9 Å². The highest BCUT2D eigenvalue weighted by atomic mass is 32.2. The van der Waals surface area contributed by atoms with Gasteiger partial charge in [0.15, 0.2) is 0 Å². The van der Waals surface area contributed by atoms with Crippen molar-refractivity contribution in [3.05, 3.63) is 78.1 Å². The fourth-order valence-electron chi connectivity index (χ4n) is 3.61. The van der Waals surface area contributed by atoms with E-state index in [2.05, 4.69) is 15.3 Å². The molecule has 1 amide bonds. The number of para-hydroxylation sites is 1. The first kappa shape index (κ1) is 22.2. The van der Waals surface area contributed by atoms with Crippen LogP contribution in [0, 0.1) is 0 Å². The van der Waals surface area contributed by atoms with Crippen LogP contribution in [0.3, 0.4) is 0 Å². The van der Waals surface area contributed by atoms with E-state index in [9.17, 15) is 13.2 Å². The van der Waals surface area contributed by atoms with Crippen molar-refractivity contribution in [1.82, 2.24) is 24.3 Å². The SMILES string of the molecule is CN1CCN(S(=O)(=O)c2cccc(C(=O)NCCc3cnn(-c4ccccc4)c3)c2)CC1. The number of piperazine rings is 1. The molecular weight excluding hydrogens is 426 g/mol. The number of carbonyl (C=O) groups excluding carboxylic acids is 1. The fraction of sp³-hybridized carbons (Fsp3) is 0.304. The summed E-state index contributed by atoms with van der Waals surface area (Å²) < 4.78 is 29.2. The van der Waals surface area contributed by atoms with Gasteiger partial charge in [-0.2, -0.15) is 9.40 Å². The van der Waals surface area contributed by atoms with Crippen LogP contribution in [0.1, 0.15) is 15.9 Å². The van der Waals surface area contributed by atoms with Gasteiger partial charge < -0.3 is 10.2 Å². The predicted octanol–water partition coefficient (Wildman–Crippen LogP) is 1.78. The lowest BCUT2D eigenvalue weighted by Crippen LogP contribution is -2.47. The maximum absolute atomic E-state index is 13.0. The minimum atomic E-state index is -3.61. The van der Waals surface area contributed by atoms with E-state index in [0.717, 1.165) is 11.3 Å². The number of nitrogens with one attached hydrogen (secondary N) is 1. The van der Waals surface area contributed by atoms with Crippen LogP contribution in [0.5, 0.6) is 0 Å². The van der Waals surface area contributed by atoms with Gasteiger partial charge in [-0.15, -0.1) is 0 Å². The topological polar surface area (TPSA) is 87.5 Å². The Labute approximate surface area is 188 Å². The molecule has 1 aliphatic rings. The summed E-state index contributed by atoms with van der Waals surface area (Å²) in [6, 6.07) is 16.1.